The summed E-state index contributed by atoms with van der Waals surface area (Å²) in [5.41, 5.74) is 7.39. The van der Waals surface area contributed by atoms with E-state index < -0.39 is 0 Å². The molecule has 0 aliphatic rings. The molecule has 7 rings (SSSR count). The van der Waals surface area contributed by atoms with E-state index in [9.17, 15) is 0 Å². The normalized spacial score (nSPS) is 11.6. The first-order valence-electron chi connectivity index (χ1n) is 13.3. The van der Waals surface area contributed by atoms with E-state index >= 15 is 0 Å². The molecule has 2 N–H and O–H groups in total. The molecule has 0 radical (unpaired) electrons. The molecule has 42 heavy (non-hydrogen) atoms. The van der Waals surface area contributed by atoms with Gasteiger partial charge in [-0.25, -0.2) is 0 Å². The predicted molar refractivity (Wildman–Crippen MR) is 172 cm³/mol. The summed E-state index contributed by atoms with van der Waals surface area (Å²) < 4.78 is 22.2. The highest BCUT2D eigenvalue weighted by Crippen LogP contribution is 2.51. The lowest BCUT2D eigenvalue weighted by atomic mass is 9.90. The van der Waals surface area contributed by atoms with Gasteiger partial charge in [0.25, 0.3) is 0 Å². The van der Waals surface area contributed by atoms with Crippen molar-refractivity contribution < 1.29 is 18.9 Å². The maximum absolute atomic E-state index is 7.00. The van der Waals surface area contributed by atoms with Crippen molar-refractivity contribution in [2.75, 3.05) is 28.4 Å². The van der Waals surface area contributed by atoms with Gasteiger partial charge >= 0.3 is 0 Å². The van der Waals surface area contributed by atoms with E-state index in [1.165, 1.54) is 0 Å². The Morgan fingerprint density at radius 3 is 1.19 bits per heavy atom. The van der Waals surface area contributed by atoms with Crippen molar-refractivity contribution in [1.82, 2.24) is 9.97 Å². The van der Waals surface area contributed by atoms with E-state index in [0.717, 1.165) is 77.4 Å². The number of aromatic nitrogens is 2. The molecule has 7 aromatic rings. The Kier molecular flexibility index (Phi) is 6.34. The fraction of sp³-hybridized carbons (Fsp3) is 0.118. The third-order valence-electron chi connectivity index (χ3n) is 7.90. The quantitative estimate of drug-likeness (QED) is 0.200. The number of rotatable bonds is 6. The van der Waals surface area contributed by atoms with Gasteiger partial charge < -0.3 is 28.9 Å². The fourth-order valence-electron chi connectivity index (χ4n) is 5.93. The molecule has 0 atom stereocenters. The fourth-order valence-corrected chi connectivity index (χ4v) is 6.46. The summed E-state index contributed by atoms with van der Waals surface area (Å²) in [5, 5.41) is 5.11. The van der Waals surface area contributed by atoms with Crippen molar-refractivity contribution in [1.29, 1.82) is 0 Å². The molecule has 6 nitrogen and oxygen atoms in total. The molecule has 2 heterocycles. The van der Waals surface area contributed by atoms with Crippen LogP contribution in [0.3, 0.4) is 0 Å². The Bertz CT molecular complexity index is 2030. The SMILES string of the molecule is COc1ccc(-c2c3[nH]c4ccc(OC)cc4c3c(-c3ccc(OC)cc3Cl)c3[nH]c4ccc(OC)cc4c23)c(Cl)c1. The van der Waals surface area contributed by atoms with Gasteiger partial charge in [0.05, 0.1) is 49.5 Å². The van der Waals surface area contributed by atoms with Crippen molar-refractivity contribution in [2.45, 2.75) is 0 Å². The third-order valence-corrected chi connectivity index (χ3v) is 8.53. The predicted octanol–water partition coefficient (Wildman–Crippen LogP) is 9.63. The maximum atomic E-state index is 7.00. The maximum Gasteiger partial charge on any atom is 0.120 e. The molecule has 2 aromatic heterocycles. The number of methoxy groups -OCH3 is 4. The molecule has 8 heteroatoms. The first-order valence-corrected chi connectivity index (χ1v) is 14.0. The molecule has 0 aliphatic heterocycles. The molecule has 0 saturated heterocycles. The van der Waals surface area contributed by atoms with Crippen LogP contribution < -0.4 is 18.9 Å². The van der Waals surface area contributed by atoms with E-state index in [4.69, 9.17) is 42.1 Å². The van der Waals surface area contributed by atoms with E-state index in [1.54, 1.807) is 28.4 Å². The summed E-state index contributed by atoms with van der Waals surface area (Å²) in [6.45, 7) is 0. The Hall–Kier alpha value is -4.52. The van der Waals surface area contributed by atoms with Crippen molar-refractivity contribution >= 4 is 66.8 Å². The Morgan fingerprint density at radius 1 is 0.476 bits per heavy atom. The number of aromatic amines is 2. The second-order valence-electron chi connectivity index (χ2n) is 10.0. The number of fused-ring (bicyclic) bond motifs is 6. The minimum atomic E-state index is 0.570. The molecule has 0 unspecified atom stereocenters. The van der Waals surface area contributed by atoms with Crippen LogP contribution in [0.15, 0.2) is 72.8 Å². The van der Waals surface area contributed by atoms with E-state index in [2.05, 4.69) is 9.97 Å². The highest BCUT2D eigenvalue weighted by atomic mass is 35.5. The van der Waals surface area contributed by atoms with Crippen molar-refractivity contribution in [3.63, 3.8) is 0 Å². The molecule has 0 amide bonds. The van der Waals surface area contributed by atoms with E-state index in [1.807, 2.05) is 72.8 Å². The molecule has 210 valence electrons. The smallest absolute Gasteiger partial charge is 0.120 e. The summed E-state index contributed by atoms with van der Waals surface area (Å²) in [7, 11) is 6.60. The van der Waals surface area contributed by atoms with Crippen LogP contribution in [0.4, 0.5) is 0 Å². The Balaban J connectivity index is 1.77. The largest absolute Gasteiger partial charge is 0.497 e. The molecular formula is C34H26Cl2N2O4. The molecule has 0 saturated carbocycles. The second kappa shape index (κ2) is 10.1. The van der Waals surface area contributed by atoms with Crippen LogP contribution in [-0.4, -0.2) is 38.4 Å². The number of halogens is 2. The zero-order chi connectivity index (χ0) is 29.1. The average molecular weight is 597 g/mol. The summed E-state index contributed by atoms with van der Waals surface area (Å²) in [5.74, 6) is 2.86. The van der Waals surface area contributed by atoms with Gasteiger partial charge in [-0.15, -0.1) is 0 Å². The summed E-state index contributed by atoms with van der Waals surface area (Å²) in [4.78, 5) is 7.44. The molecule has 0 spiro atoms. The number of benzene rings is 5. The lowest BCUT2D eigenvalue weighted by molar-refractivity contribution is 0.415. The van der Waals surface area contributed by atoms with Gasteiger partial charge in [0.15, 0.2) is 0 Å². The van der Waals surface area contributed by atoms with Gasteiger partial charge in [-0.05, 0) is 72.8 Å². The van der Waals surface area contributed by atoms with E-state index in [0.29, 0.717) is 21.5 Å². The van der Waals surface area contributed by atoms with Crippen LogP contribution in [0.25, 0.3) is 65.9 Å². The number of ether oxygens (including phenoxy) is 4. The van der Waals surface area contributed by atoms with Crippen molar-refractivity contribution in [3.8, 4) is 45.3 Å². The zero-order valence-electron chi connectivity index (χ0n) is 23.3. The lowest BCUT2D eigenvalue weighted by Gasteiger charge is -2.16. The number of H-pyrrole nitrogens is 2. The summed E-state index contributed by atoms with van der Waals surface area (Å²) in [6.07, 6.45) is 0. The first kappa shape index (κ1) is 26.4. The second-order valence-corrected chi connectivity index (χ2v) is 10.8. The van der Waals surface area contributed by atoms with Gasteiger partial charge in [-0.3, -0.25) is 0 Å². The van der Waals surface area contributed by atoms with Gasteiger partial charge in [0, 0.05) is 54.8 Å². The topological polar surface area (TPSA) is 68.5 Å². The Labute approximate surface area is 251 Å². The van der Waals surface area contributed by atoms with Crippen LogP contribution >= 0.6 is 23.2 Å². The van der Waals surface area contributed by atoms with Crippen LogP contribution in [0, 0.1) is 0 Å². The van der Waals surface area contributed by atoms with Crippen LogP contribution in [0.5, 0.6) is 23.0 Å². The van der Waals surface area contributed by atoms with Crippen LogP contribution in [0.2, 0.25) is 10.0 Å². The standard InChI is InChI=1S/C34H26Cl2N2O4/c1-39-17-7-11-27-23(13-17)31-29(21-9-5-19(41-3)15-25(21)35)34-32(24-14-18(40-2)8-12-28(24)38-34)30(33(31)37-27)22-10-6-20(42-4)16-26(22)36/h5-16,37-38H,1-4H3. The molecule has 0 fully saturated rings. The van der Waals surface area contributed by atoms with Crippen molar-refractivity contribution in [2.24, 2.45) is 0 Å². The van der Waals surface area contributed by atoms with E-state index in [-0.39, 0.29) is 0 Å². The number of hydrogen-bond donors (Lipinski definition) is 2. The minimum Gasteiger partial charge on any atom is -0.497 e. The summed E-state index contributed by atoms with van der Waals surface area (Å²) >= 11 is 14.0. The minimum absolute atomic E-state index is 0.570. The molecule has 0 bridgehead atoms. The van der Waals surface area contributed by atoms with Crippen LogP contribution in [0.1, 0.15) is 0 Å². The van der Waals surface area contributed by atoms with Gasteiger partial charge in [0.1, 0.15) is 23.0 Å². The van der Waals surface area contributed by atoms with Gasteiger partial charge in [-0.1, -0.05) is 23.2 Å². The monoisotopic (exact) mass is 596 g/mol. The van der Waals surface area contributed by atoms with Crippen LogP contribution in [-0.2, 0) is 0 Å². The first-order chi connectivity index (χ1) is 20.4. The average Bonchev–Trinajstić information content (AvgIpc) is 3.58. The highest BCUT2D eigenvalue weighted by Gasteiger charge is 2.26. The molecule has 0 aliphatic carbocycles. The van der Waals surface area contributed by atoms with Gasteiger partial charge in [-0.2, -0.15) is 0 Å². The summed E-state index contributed by atoms with van der Waals surface area (Å²) in [6, 6.07) is 23.6. The third kappa shape index (κ3) is 3.94. The zero-order valence-corrected chi connectivity index (χ0v) is 24.8. The Morgan fingerprint density at radius 2 is 0.833 bits per heavy atom. The highest BCUT2D eigenvalue weighted by molar-refractivity contribution is 6.39. The lowest BCUT2D eigenvalue weighted by Crippen LogP contribution is -1.92. The van der Waals surface area contributed by atoms with Gasteiger partial charge in [0.2, 0.25) is 0 Å². The molecule has 5 aromatic carbocycles. The number of nitrogens with one attached hydrogen (secondary N) is 2. The molecular weight excluding hydrogens is 571 g/mol. The van der Waals surface area contributed by atoms with Crippen molar-refractivity contribution in [3.05, 3.63) is 82.8 Å². The number of hydrogen-bond acceptors (Lipinski definition) is 4.